The molecule has 0 saturated heterocycles. The zero-order valence-corrected chi connectivity index (χ0v) is 10.6. The van der Waals surface area contributed by atoms with Gasteiger partial charge in [-0.25, -0.2) is 0 Å². The van der Waals surface area contributed by atoms with E-state index >= 15 is 0 Å². The van der Waals surface area contributed by atoms with Gasteiger partial charge in [-0.1, -0.05) is 24.3 Å². The van der Waals surface area contributed by atoms with Crippen molar-refractivity contribution in [2.75, 3.05) is 0 Å². The molecular formula is C15H18N2O. The number of hydrogen-bond donors (Lipinski definition) is 1. The van der Waals surface area contributed by atoms with Crippen molar-refractivity contribution in [2.45, 2.75) is 31.3 Å². The van der Waals surface area contributed by atoms with Gasteiger partial charge in [0.1, 0.15) is 0 Å². The fourth-order valence-electron chi connectivity index (χ4n) is 2.33. The molecule has 1 saturated carbocycles. The van der Waals surface area contributed by atoms with Gasteiger partial charge in [-0.15, -0.1) is 0 Å². The van der Waals surface area contributed by atoms with Crippen LogP contribution in [0.4, 0.5) is 0 Å². The van der Waals surface area contributed by atoms with Gasteiger partial charge in [0.05, 0.1) is 12.3 Å². The predicted molar refractivity (Wildman–Crippen MR) is 70.3 cm³/mol. The average Bonchev–Trinajstić information content (AvgIpc) is 3.14. The number of rotatable bonds is 4. The monoisotopic (exact) mass is 242 g/mol. The first-order valence-electron chi connectivity index (χ1n) is 6.48. The largest absolute Gasteiger partial charge is 0.388 e. The molecule has 18 heavy (non-hydrogen) atoms. The van der Waals surface area contributed by atoms with Gasteiger partial charge < -0.3 is 5.11 Å². The second-order valence-corrected chi connectivity index (χ2v) is 5.18. The maximum Gasteiger partial charge on any atom is 0.0831 e. The second kappa shape index (κ2) is 4.58. The minimum absolute atomic E-state index is 0.442. The maximum atomic E-state index is 10.2. The smallest absolute Gasteiger partial charge is 0.0831 e. The van der Waals surface area contributed by atoms with E-state index in [-0.39, 0.29) is 0 Å². The van der Waals surface area contributed by atoms with Crippen molar-refractivity contribution < 1.29 is 5.11 Å². The lowest BCUT2D eigenvalue weighted by molar-refractivity contribution is 0.178. The molecule has 0 spiro atoms. The summed E-state index contributed by atoms with van der Waals surface area (Å²) in [5, 5.41) is 14.3. The zero-order valence-electron chi connectivity index (χ0n) is 10.6. The van der Waals surface area contributed by atoms with Crippen LogP contribution in [0.5, 0.6) is 0 Å². The number of aromatic nitrogens is 2. The topological polar surface area (TPSA) is 38.0 Å². The minimum Gasteiger partial charge on any atom is -0.388 e. The van der Waals surface area contributed by atoms with Crippen molar-refractivity contribution >= 4 is 0 Å². The summed E-state index contributed by atoms with van der Waals surface area (Å²) in [5.74, 6) is 0.773. The summed E-state index contributed by atoms with van der Waals surface area (Å²) in [5.41, 5.74) is 3.46. The van der Waals surface area contributed by atoms with Crippen LogP contribution in [-0.2, 0) is 13.5 Å². The Bertz CT molecular complexity index is 526. The Labute approximate surface area is 107 Å². The normalized spacial score (nSPS) is 16.8. The van der Waals surface area contributed by atoms with Crippen LogP contribution in [0.3, 0.4) is 0 Å². The molecule has 1 unspecified atom stereocenters. The van der Waals surface area contributed by atoms with Crippen LogP contribution in [0.1, 0.15) is 41.6 Å². The Morgan fingerprint density at radius 2 is 2.06 bits per heavy atom. The molecular weight excluding hydrogens is 224 g/mol. The first-order valence-corrected chi connectivity index (χ1v) is 6.48. The molecule has 3 nitrogen and oxygen atoms in total. The molecule has 0 amide bonds. The Balaban J connectivity index is 1.69. The first-order chi connectivity index (χ1) is 8.72. The molecule has 3 heteroatoms. The molecule has 1 N–H and O–H groups in total. The van der Waals surface area contributed by atoms with Gasteiger partial charge in [-0.3, -0.25) is 4.68 Å². The summed E-state index contributed by atoms with van der Waals surface area (Å²) >= 11 is 0. The van der Waals surface area contributed by atoms with Gasteiger partial charge in [0.15, 0.2) is 0 Å². The van der Waals surface area contributed by atoms with Crippen molar-refractivity contribution in [2.24, 2.45) is 7.05 Å². The fourth-order valence-corrected chi connectivity index (χ4v) is 2.33. The zero-order chi connectivity index (χ0) is 12.5. The minimum atomic E-state index is -0.442. The van der Waals surface area contributed by atoms with Crippen LogP contribution in [0.2, 0.25) is 0 Å². The van der Waals surface area contributed by atoms with Gasteiger partial charge in [-0.05, 0) is 35.4 Å². The second-order valence-electron chi connectivity index (χ2n) is 5.18. The first kappa shape index (κ1) is 11.5. The van der Waals surface area contributed by atoms with Crippen LogP contribution in [0, 0.1) is 0 Å². The van der Waals surface area contributed by atoms with E-state index in [2.05, 4.69) is 29.4 Å². The predicted octanol–water partition coefficient (Wildman–Crippen LogP) is 2.57. The van der Waals surface area contributed by atoms with E-state index in [4.69, 9.17) is 0 Å². The molecule has 3 rings (SSSR count). The molecule has 1 aliphatic rings. The third-order valence-corrected chi connectivity index (χ3v) is 3.56. The highest BCUT2D eigenvalue weighted by molar-refractivity contribution is 5.29. The van der Waals surface area contributed by atoms with E-state index in [9.17, 15) is 5.11 Å². The van der Waals surface area contributed by atoms with Gasteiger partial charge >= 0.3 is 0 Å². The molecule has 1 heterocycles. The molecule has 0 aliphatic heterocycles. The summed E-state index contributed by atoms with van der Waals surface area (Å²) in [6, 6.07) is 8.41. The number of aliphatic hydroxyl groups is 1. The van der Waals surface area contributed by atoms with Gasteiger partial charge in [0, 0.05) is 19.7 Å². The Morgan fingerprint density at radius 1 is 1.33 bits per heavy atom. The lowest BCUT2D eigenvalue weighted by Gasteiger charge is -2.10. The van der Waals surface area contributed by atoms with E-state index in [0.717, 1.165) is 17.0 Å². The van der Waals surface area contributed by atoms with E-state index in [1.165, 1.54) is 18.4 Å². The van der Waals surface area contributed by atoms with Crippen LogP contribution in [0.25, 0.3) is 0 Å². The fraction of sp³-hybridized carbons (Fsp3) is 0.400. The molecule has 2 aromatic rings. The number of aryl methyl sites for hydroxylation is 1. The van der Waals surface area contributed by atoms with Crippen molar-refractivity contribution in [3.8, 4) is 0 Å². The van der Waals surface area contributed by atoms with E-state index in [1.807, 2.05) is 19.4 Å². The number of nitrogens with zero attached hydrogens (tertiary/aromatic N) is 2. The lowest BCUT2D eigenvalue weighted by Crippen LogP contribution is -2.01. The third kappa shape index (κ3) is 2.46. The molecule has 1 aromatic heterocycles. The van der Waals surface area contributed by atoms with Crippen LogP contribution < -0.4 is 0 Å². The van der Waals surface area contributed by atoms with Crippen molar-refractivity contribution in [3.63, 3.8) is 0 Å². The van der Waals surface area contributed by atoms with E-state index in [0.29, 0.717) is 6.42 Å². The molecule has 1 atom stereocenters. The van der Waals surface area contributed by atoms with Crippen LogP contribution in [-0.4, -0.2) is 14.9 Å². The summed E-state index contributed by atoms with van der Waals surface area (Å²) in [6.07, 6.45) is 6.57. The van der Waals surface area contributed by atoms with Crippen molar-refractivity contribution in [3.05, 3.63) is 53.3 Å². The number of hydrogen-bond acceptors (Lipinski definition) is 2. The van der Waals surface area contributed by atoms with Crippen molar-refractivity contribution in [1.29, 1.82) is 0 Å². The van der Waals surface area contributed by atoms with E-state index < -0.39 is 6.10 Å². The van der Waals surface area contributed by atoms with Gasteiger partial charge in [-0.2, -0.15) is 5.10 Å². The molecule has 94 valence electrons. The molecule has 1 aromatic carbocycles. The summed E-state index contributed by atoms with van der Waals surface area (Å²) in [6.45, 7) is 0. The molecule has 1 aliphatic carbocycles. The average molecular weight is 242 g/mol. The van der Waals surface area contributed by atoms with Crippen LogP contribution >= 0.6 is 0 Å². The highest BCUT2D eigenvalue weighted by Crippen LogP contribution is 2.40. The summed E-state index contributed by atoms with van der Waals surface area (Å²) < 4.78 is 1.76. The molecule has 1 fully saturated rings. The number of benzene rings is 1. The summed E-state index contributed by atoms with van der Waals surface area (Å²) in [4.78, 5) is 0. The van der Waals surface area contributed by atoms with Gasteiger partial charge in [0.2, 0.25) is 0 Å². The Hall–Kier alpha value is -1.61. The Kier molecular flexibility index (Phi) is 2.92. The third-order valence-electron chi connectivity index (χ3n) is 3.56. The SMILES string of the molecule is Cn1cc(CC(O)c2ccc(C3CC3)cc2)cn1. The van der Waals surface area contributed by atoms with Crippen molar-refractivity contribution in [1.82, 2.24) is 9.78 Å². The Morgan fingerprint density at radius 3 is 2.61 bits per heavy atom. The highest BCUT2D eigenvalue weighted by Gasteiger charge is 2.23. The number of aliphatic hydroxyl groups excluding tert-OH is 1. The lowest BCUT2D eigenvalue weighted by atomic mass is 10.0. The maximum absolute atomic E-state index is 10.2. The quantitative estimate of drug-likeness (QED) is 0.894. The standard InChI is InChI=1S/C15H18N2O/c1-17-10-11(9-16-17)8-15(18)14-6-4-13(5-7-14)12-2-3-12/h4-7,9-10,12,15,18H,2-3,8H2,1H3. The van der Waals surface area contributed by atoms with E-state index in [1.54, 1.807) is 4.68 Å². The van der Waals surface area contributed by atoms with Gasteiger partial charge in [0.25, 0.3) is 0 Å². The molecule has 0 bridgehead atoms. The molecule has 0 radical (unpaired) electrons. The highest BCUT2D eigenvalue weighted by atomic mass is 16.3. The van der Waals surface area contributed by atoms with Crippen LogP contribution in [0.15, 0.2) is 36.7 Å². The summed E-state index contributed by atoms with van der Waals surface area (Å²) in [7, 11) is 1.89.